The highest BCUT2D eigenvalue weighted by Crippen LogP contribution is 2.38. The number of benzene rings is 2. The minimum atomic E-state index is -0.552. The summed E-state index contributed by atoms with van der Waals surface area (Å²) in [5, 5.41) is 3.04. The van der Waals surface area contributed by atoms with Gasteiger partial charge in [-0.25, -0.2) is 4.39 Å². The molecule has 0 aromatic heterocycles. The van der Waals surface area contributed by atoms with E-state index in [0.29, 0.717) is 13.1 Å². The molecule has 2 atom stereocenters. The molecule has 0 saturated carbocycles. The Labute approximate surface area is 169 Å². The maximum atomic E-state index is 14.4. The molecule has 1 aliphatic heterocycles. The molecule has 0 bridgehead atoms. The molecular weight excluding hydrogens is 375 g/mol. The maximum absolute atomic E-state index is 14.4. The Morgan fingerprint density at radius 2 is 2.07 bits per heavy atom. The summed E-state index contributed by atoms with van der Waals surface area (Å²) in [4.78, 5) is 14.6. The van der Waals surface area contributed by atoms with Crippen LogP contribution in [0.4, 0.5) is 4.39 Å². The average molecular weight is 399 g/mol. The number of terminal acetylenes is 1. The first kappa shape index (κ1) is 20.5. The molecule has 0 N–H and O–H groups in total. The van der Waals surface area contributed by atoms with Crippen LogP contribution in [0.25, 0.3) is 0 Å². The minimum Gasteiger partial charge on any atom is -0.372 e. The minimum absolute atomic E-state index is 0.290. The van der Waals surface area contributed by atoms with Crippen molar-refractivity contribution in [1.82, 2.24) is 4.90 Å². The van der Waals surface area contributed by atoms with Crippen molar-refractivity contribution in [2.75, 3.05) is 26.7 Å². The maximum Gasteiger partial charge on any atom is 0.124 e. The number of ether oxygens (including phenoxy) is 1. The zero-order valence-corrected chi connectivity index (χ0v) is 16.8. The number of nitrogens with zero attached hydrogens (tertiary/aromatic N) is 2. The molecule has 4 nitrogen and oxygen atoms in total. The Hall–Kier alpha value is -2.20. The van der Waals surface area contributed by atoms with Gasteiger partial charge in [0.25, 0.3) is 0 Å². The molecule has 3 rings (SSSR count). The van der Waals surface area contributed by atoms with E-state index in [2.05, 4.69) is 16.0 Å². The third-order valence-corrected chi connectivity index (χ3v) is 6.15. The van der Waals surface area contributed by atoms with Gasteiger partial charge in [0.15, 0.2) is 0 Å². The molecular formula is C22H23FN2O2S. The van der Waals surface area contributed by atoms with Gasteiger partial charge in [0, 0.05) is 30.0 Å². The lowest BCUT2D eigenvalue weighted by atomic mass is 9.92. The number of nitroso groups, excluding NO2 is 1. The highest BCUT2D eigenvalue weighted by molar-refractivity contribution is 7.99. The number of halogens is 1. The third kappa shape index (κ3) is 4.44. The number of likely N-dealkylation sites (tertiary alicyclic amines) is 1. The largest absolute Gasteiger partial charge is 0.372 e. The van der Waals surface area contributed by atoms with E-state index in [1.165, 1.54) is 17.8 Å². The van der Waals surface area contributed by atoms with Crippen molar-refractivity contribution in [3.05, 3.63) is 64.3 Å². The summed E-state index contributed by atoms with van der Waals surface area (Å²) in [6.07, 6.45) is 6.20. The topological polar surface area (TPSA) is 41.9 Å². The average Bonchev–Trinajstić information content (AvgIpc) is 3.12. The molecule has 0 amide bonds. The summed E-state index contributed by atoms with van der Waals surface area (Å²) in [5.74, 6) is 2.37. The van der Waals surface area contributed by atoms with Gasteiger partial charge in [-0.1, -0.05) is 35.0 Å². The van der Waals surface area contributed by atoms with E-state index in [1.54, 1.807) is 20.1 Å². The second-order valence-corrected chi connectivity index (χ2v) is 8.14. The number of rotatable bonds is 7. The Morgan fingerprint density at radius 3 is 2.71 bits per heavy atom. The second-order valence-electron chi connectivity index (χ2n) is 6.99. The highest BCUT2D eigenvalue weighted by Gasteiger charge is 2.40. The van der Waals surface area contributed by atoms with Crippen LogP contribution in [-0.4, -0.2) is 31.6 Å². The molecule has 146 valence electrons. The summed E-state index contributed by atoms with van der Waals surface area (Å²) in [5.41, 5.74) is 1.13. The van der Waals surface area contributed by atoms with Crippen molar-refractivity contribution < 1.29 is 9.13 Å². The van der Waals surface area contributed by atoms with E-state index in [9.17, 15) is 9.30 Å². The number of methoxy groups -OCH3 is 1. The van der Waals surface area contributed by atoms with Gasteiger partial charge in [0.1, 0.15) is 17.5 Å². The smallest absolute Gasteiger partial charge is 0.124 e. The van der Waals surface area contributed by atoms with Gasteiger partial charge in [-0.05, 0) is 54.8 Å². The summed E-state index contributed by atoms with van der Waals surface area (Å²) in [6.45, 7) is 3.78. The molecule has 0 spiro atoms. The zero-order valence-electron chi connectivity index (χ0n) is 16.0. The second kappa shape index (κ2) is 8.87. The monoisotopic (exact) mass is 398 g/mol. The zero-order chi connectivity index (χ0) is 20.1. The fourth-order valence-electron chi connectivity index (χ4n) is 3.54. The molecule has 2 unspecified atom stereocenters. The Kier molecular flexibility index (Phi) is 6.50. The van der Waals surface area contributed by atoms with Crippen molar-refractivity contribution in [3.63, 3.8) is 0 Å². The van der Waals surface area contributed by atoms with Crippen LogP contribution in [-0.2, 0) is 10.3 Å². The van der Waals surface area contributed by atoms with Crippen molar-refractivity contribution in [2.45, 2.75) is 34.8 Å². The molecule has 1 heterocycles. The molecule has 6 heteroatoms. The lowest BCUT2D eigenvalue weighted by Gasteiger charge is -2.29. The Morgan fingerprint density at radius 1 is 1.32 bits per heavy atom. The lowest BCUT2D eigenvalue weighted by Crippen LogP contribution is -2.33. The summed E-state index contributed by atoms with van der Waals surface area (Å²) in [7, 11) is 1.66. The molecule has 1 aliphatic rings. The first-order valence-corrected chi connectivity index (χ1v) is 9.93. The van der Waals surface area contributed by atoms with Gasteiger partial charge in [-0.2, -0.15) is 4.91 Å². The van der Waals surface area contributed by atoms with Crippen LogP contribution in [0.15, 0.2) is 57.4 Å². The van der Waals surface area contributed by atoms with Gasteiger partial charge in [0.05, 0.1) is 6.54 Å². The van der Waals surface area contributed by atoms with Crippen molar-refractivity contribution in [1.29, 1.82) is 0 Å². The standard InChI is InChI=1S/C22H23FN2O2S/c1-4-10-25-11-9-22(15-25,27-3)18-12-19(23)14-21(13-18)28-20-7-5-17(6-8-20)16(2)24-26/h1,5-8,12-14,16H,9-11,15H2,2-3H3. The van der Waals surface area contributed by atoms with Crippen LogP contribution in [0, 0.1) is 23.1 Å². The van der Waals surface area contributed by atoms with E-state index >= 15 is 0 Å². The van der Waals surface area contributed by atoms with Crippen LogP contribution in [0.1, 0.15) is 30.5 Å². The van der Waals surface area contributed by atoms with Crippen LogP contribution >= 0.6 is 11.8 Å². The van der Waals surface area contributed by atoms with E-state index < -0.39 is 5.60 Å². The Balaban J connectivity index is 1.83. The van der Waals surface area contributed by atoms with E-state index in [-0.39, 0.29) is 11.9 Å². The van der Waals surface area contributed by atoms with E-state index in [4.69, 9.17) is 11.2 Å². The molecule has 1 saturated heterocycles. The number of hydrogen-bond acceptors (Lipinski definition) is 5. The molecule has 0 radical (unpaired) electrons. The summed E-state index contributed by atoms with van der Waals surface area (Å²) in [6, 6.07) is 12.3. The van der Waals surface area contributed by atoms with E-state index in [1.807, 2.05) is 30.3 Å². The van der Waals surface area contributed by atoms with Gasteiger partial charge >= 0.3 is 0 Å². The highest BCUT2D eigenvalue weighted by atomic mass is 32.2. The molecule has 1 fully saturated rings. The van der Waals surface area contributed by atoms with Crippen molar-refractivity contribution >= 4 is 11.8 Å². The summed E-state index contributed by atoms with van der Waals surface area (Å²) < 4.78 is 20.2. The quantitative estimate of drug-likeness (QED) is 0.487. The van der Waals surface area contributed by atoms with Gasteiger partial charge in [-0.15, -0.1) is 6.42 Å². The first-order valence-electron chi connectivity index (χ1n) is 9.12. The van der Waals surface area contributed by atoms with Crippen LogP contribution < -0.4 is 0 Å². The third-order valence-electron chi connectivity index (χ3n) is 5.17. The molecule has 0 aliphatic carbocycles. The van der Waals surface area contributed by atoms with E-state index in [0.717, 1.165) is 33.9 Å². The molecule has 28 heavy (non-hydrogen) atoms. The predicted molar refractivity (Wildman–Crippen MR) is 110 cm³/mol. The number of hydrogen-bond donors (Lipinski definition) is 0. The summed E-state index contributed by atoms with van der Waals surface area (Å²) >= 11 is 1.47. The first-order chi connectivity index (χ1) is 13.5. The molecule has 2 aromatic rings. The van der Waals surface area contributed by atoms with Crippen LogP contribution in [0.2, 0.25) is 0 Å². The fourth-order valence-corrected chi connectivity index (χ4v) is 4.44. The van der Waals surface area contributed by atoms with Crippen LogP contribution in [0.3, 0.4) is 0 Å². The van der Waals surface area contributed by atoms with Crippen LogP contribution in [0.5, 0.6) is 0 Å². The van der Waals surface area contributed by atoms with Gasteiger partial charge in [-0.3, -0.25) is 4.90 Å². The lowest BCUT2D eigenvalue weighted by molar-refractivity contribution is -0.00528. The predicted octanol–water partition coefficient (Wildman–Crippen LogP) is 4.98. The van der Waals surface area contributed by atoms with Crippen molar-refractivity contribution in [3.8, 4) is 12.3 Å². The van der Waals surface area contributed by atoms with Crippen molar-refractivity contribution in [2.24, 2.45) is 5.18 Å². The van der Waals surface area contributed by atoms with Gasteiger partial charge < -0.3 is 4.74 Å². The SMILES string of the molecule is C#CCN1CCC(OC)(c2cc(F)cc(Sc3ccc(C(C)N=O)cc3)c2)C1. The molecule has 2 aromatic carbocycles. The fraction of sp³-hybridized carbons (Fsp3) is 0.364. The normalized spacial score (nSPS) is 20.6. The van der Waals surface area contributed by atoms with Gasteiger partial charge in [0.2, 0.25) is 0 Å². The Bertz CT molecular complexity index is 881.